The van der Waals surface area contributed by atoms with Crippen molar-refractivity contribution in [2.75, 3.05) is 11.9 Å². The van der Waals surface area contributed by atoms with E-state index >= 15 is 0 Å². The minimum Gasteiger partial charge on any atom is -0.370 e. The molecule has 1 N–H and O–H groups in total. The summed E-state index contributed by atoms with van der Waals surface area (Å²) in [5.74, 6) is 1.81. The molecule has 0 aromatic carbocycles. The van der Waals surface area contributed by atoms with Crippen LogP contribution in [0.1, 0.15) is 38.6 Å². The van der Waals surface area contributed by atoms with E-state index < -0.39 is 0 Å². The van der Waals surface area contributed by atoms with Crippen LogP contribution in [-0.4, -0.2) is 26.3 Å². The molecule has 2 aromatic heterocycles. The normalized spacial score (nSPS) is 10.8. The Balaban J connectivity index is 2.45. The maximum absolute atomic E-state index is 4.67. The van der Waals surface area contributed by atoms with Crippen molar-refractivity contribution in [1.82, 2.24) is 19.7 Å². The molecule has 0 saturated carbocycles. The summed E-state index contributed by atoms with van der Waals surface area (Å²) in [6.07, 6.45) is 5.82. The molecule has 0 aliphatic carbocycles. The highest BCUT2D eigenvalue weighted by atomic mass is 15.3. The highest BCUT2D eigenvalue weighted by Gasteiger charge is 2.13. The Morgan fingerprint density at radius 3 is 2.60 bits per heavy atom. The van der Waals surface area contributed by atoms with Crippen molar-refractivity contribution in [3.8, 4) is 11.3 Å². The van der Waals surface area contributed by atoms with Crippen molar-refractivity contribution in [3.63, 3.8) is 0 Å². The molecule has 20 heavy (non-hydrogen) atoms. The summed E-state index contributed by atoms with van der Waals surface area (Å²) in [4.78, 5) is 9.26. The lowest BCUT2D eigenvalue weighted by Gasteiger charge is -2.12. The second-order valence-electron chi connectivity index (χ2n) is 4.83. The first-order valence-corrected chi connectivity index (χ1v) is 7.33. The molecule has 2 rings (SSSR count). The van der Waals surface area contributed by atoms with Crippen LogP contribution in [0.4, 0.5) is 5.82 Å². The average molecular weight is 273 g/mol. The van der Waals surface area contributed by atoms with E-state index in [1.54, 1.807) is 0 Å². The lowest BCUT2D eigenvalue weighted by Crippen LogP contribution is -2.08. The number of aryl methyl sites for hydroxylation is 2. The first kappa shape index (κ1) is 14.5. The fourth-order valence-electron chi connectivity index (χ4n) is 2.08. The summed E-state index contributed by atoms with van der Waals surface area (Å²) in [5.41, 5.74) is 3.13. The Hall–Kier alpha value is -1.91. The monoisotopic (exact) mass is 273 g/mol. The van der Waals surface area contributed by atoms with Crippen molar-refractivity contribution >= 4 is 5.82 Å². The van der Waals surface area contributed by atoms with Crippen molar-refractivity contribution in [3.05, 3.63) is 23.8 Å². The highest BCUT2D eigenvalue weighted by Crippen LogP contribution is 2.25. The Morgan fingerprint density at radius 1 is 1.20 bits per heavy atom. The number of anilines is 1. The van der Waals surface area contributed by atoms with Crippen molar-refractivity contribution < 1.29 is 0 Å². The van der Waals surface area contributed by atoms with Gasteiger partial charge >= 0.3 is 0 Å². The van der Waals surface area contributed by atoms with Crippen molar-refractivity contribution in [2.24, 2.45) is 0 Å². The lowest BCUT2D eigenvalue weighted by atomic mass is 10.1. The third-order valence-corrected chi connectivity index (χ3v) is 3.28. The van der Waals surface area contributed by atoms with Crippen LogP contribution in [0, 0.1) is 6.92 Å². The van der Waals surface area contributed by atoms with Gasteiger partial charge in [-0.25, -0.2) is 9.97 Å². The molecular formula is C15H23N5. The van der Waals surface area contributed by atoms with Gasteiger partial charge in [-0.2, -0.15) is 5.10 Å². The summed E-state index contributed by atoms with van der Waals surface area (Å²) >= 11 is 0. The molecule has 2 heterocycles. The minimum absolute atomic E-state index is 0.829. The molecular weight excluding hydrogens is 250 g/mol. The van der Waals surface area contributed by atoms with Crippen molar-refractivity contribution in [1.29, 1.82) is 0 Å². The lowest BCUT2D eigenvalue weighted by molar-refractivity contribution is 0.660. The molecule has 0 radical (unpaired) electrons. The van der Waals surface area contributed by atoms with Gasteiger partial charge in [-0.3, -0.25) is 4.68 Å². The third-order valence-electron chi connectivity index (χ3n) is 3.28. The number of nitrogens with one attached hydrogen (secondary N) is 1. The van der Waals surface area contributed by atoms with Gasteiger partial charge in [-0.1, -0.05) is 13.8 Å². The van der Waals surface area contributed by atoms with E-state index in [4.69, 9.17) is 0 Å². The van der Waals surface area contributed by atoms with E-state index in [0.717, 1.165) is 54.4 Å². The predicted molar refractivity (Wildman–Crippen MR) is 81.8 cm³/mol. The number of hydrogen-bond acceptors (Lipinski definition) is 4. The van der Waals surface area contributed by atoms with E-state index in [9.17, 15) is 0 Å². The van der Waals surface area contributed by atoms with Crippen LogP contribution in [0.15, 0.2) is 12.4 Å². The van der Waals surface area contributed by atoms with Crippen molar-refractivity contribution in [2.45, 2.75) is 47.1 Å². The summed E-state index contributed by atoms with van der Waals surface area (Å²) in [7, 11) is 0. The molecule has 0 atom stereocenters. The molecule has 5 heteroatoms. The Kier molecular flexibility index (Phi) is 4.71. The molecule has 0 unspecified atom stereocenters. The van der Waals surface area contributed by atoms with Crippen LogP contribution in [0.2, 0.25) is 0 Å². The van der Waals surface area contributed by atoms with E-state index in [0.29, 0.717) is 0 Å². The van der Waals surface area contributed by atoms with E-state index in [2.05, 4.69) is 48.1 Å². The molecule has 108 valence electrons. The number of nitrogens with zero attached hydrogens (tertiary/aromatic N) is 4. The Labute approximate surface area is 120 Å². The van der Waals surface area contributed by atoms with Gasteiger partial charge in [0.05, 0.1) is 11.9 Å². The average Bonchev–Trinajstić information content (AvgIpc) is 2.95. The molecule has 0 amide bonds. The Morgan fingerprint density at radius 2 is 2.00 bits per heavy atom. The highest BCUT2D eigenvalue weighted by molar-refractivity contribution is 5.67. The number of hydrogen-bond donors (Lipinski definition) is 1. The predicted octanol–water partition coefficient (Wildman–Crippen LogP) is 3.05. The molecule has 0 bridgehead atoms. The summed E-state index contributed by atoms with van der Waals surface area (Å²) in [5, 5.41) is 7.73. The third kappa shape index (κ3) is 2.98. The number of aromatic nitrogens is 4. The van der Waals surface area contributed by atoms with Gasteiger partial charge < -0.3 is 5.32 Å². The first-order chi connectivity index (χ1) is 9.69. The summed E-state index contributed by atoms with van der Waals surface area (Å²) in [6, 6.07) is 0. The molecule has 2 aromatic rings. The molecule has 5 nitrogen and oxygen atoms in total. The van der Waals surface area contributed by atoms with Gasteiger partial charge in [0, 0.05) is 36.8 Å². The maximum Gasteiger partial charge on any atom is 0.133 e. The second-order valence-corrected chi connectivity index (χ2v) is 4.83. The first-order valence-electron chi connectivity index (χ1n) is 7.33. The molecule has 0 aliphatic rings. The van der Waals surface area contributed by atoms with E-state index in [-0.39, 0.29) is 0 Å². The van der Waals surface area contributed by atoms with Gasteiger partial charge in [0.2, 0.25) is 0 Å². The zero-order valence-corrected chi connectivity index (χ0v) is 12.8. The van der Waals surface area contributed by atoms with Crippen LogP contribution in [-0.2, 0) is 13.0 Å². The van der Waals surface area contributed by atoms with Gasteiger partial charge in [-0.15, -0.1) is 0 Å². The quantitative estimate of drug-likeness (QED) is 0.879. The van der Waals surface area contributed by atoms with Gasteiger partial charge in [0.15, 0.2) is 0 Å². The minimum atomic E-state index is 0.829. The van der Waals surface area contributed by atoms with Gasteiger partial charge in [0.25, 0.3) is 0 Å². The summed E-state index contributed by atoms with van der Waals surface area (Å²) in [6.45, 7) is 10.2. The van der Waals surface area contributed by atoms with Gasteiger partial charge in [0.1, 0.15) is 11.6 Å². The smallest absolute Gasteiger partial charge is 0.133 e. The standard InChI is InChI=1S/C15H23N5/c1-5-8-16-15-11(4)14(18-13(6-2)19-15)12-9-17-20(7-3)10-12/h9-10H,5-8H2,1-4H3,(H,16,18,19). The fourth-order valence-corrected chi connectivity index (χ4v) is 2.08. The zero-order valence-electron chi connectivity index (χ0n) is 12.8. The summed E-state index contributed by atoms with van der Waals surface area (Å²) < 4.78 is 1.92. The maximum atomic E-state index is 4.67. The van der Waals surface area contributed by atoms with Gasteiger partial charge in [-0.05, 0) is 20.3 Å². The molecule has 0 saturated heterocycles. The van der Waals surface area contributed by atoms with E-state index in [1.807, 2.05) is 17.1 Å². The van der Waals surface area contributed by atoms with Crippen LogP contribution >= 0.6 is 0 Å². The molecule has 0 spiro atoms. The number of rotatable bonds is 6. The van der Waals surface area contributed by atoms with Crippen LogP contribution in [0.3, 0.4) is 0 Å². The zero-order chi connectivity index (χ0) is 14.5. The van der Waals surface area contributed by atoms with Crippen LogP contribution < -0.4 is 5.32 Å². The Bertz CT molecular complexity index is 574. The molecule has 0 fully saturated rings. The largest absolute Gasteiger partial charge is 0.370 e. The fraction of sp³-hybridized carbons (Fsp3) is 0.533. The van der Waals surface area contributed by atoms with Crippen LogP contribution in [0.25, 0.3) is 11.3 Å². The SMILES string of the molecule is CCCNc1nc(CC)nc(-c2cnn(CC)c2)c1C. The van der Waals surface area contributed by atoms with Crippen LogP contribution in [0.5, 0.6) is 0 Å². The second kappa shape index (κ2) is 6.50. The topological polar surface area (TPSA) is 55.6 Å². The van der Waals surface area contributed by atoms with E-state index in [1.165, 1.54) is 0 Å². The molecule has 0 aliphatic heterocycles.